The van der Waals surface area contributed by atoms with Crippen LogP contribution < -0.4 is 0 Å². The van der Waals surface area contributed by atoms with E-state index in [2.05, 4.69) is 12.1 Å². The summed E-state index contributed by atoms with van der Waals surface area (Å²) in [6.07, 6.45) is 6.21. The summed E-state index contributed by atoms with van der Waals surface area (Å²) in [5.41, 5.74) is 1.99. The molecule has 1 aromatic rings. The van der Waals surface area contributed by atoms with Crippen molar-refractivity contribution in [2.24, 2.45) is 5.92 Å². The maximum atomic E-state index is 12.4. The Balaban J connectivity index is 1.91. The number of aryl methyl sites for hydroxylation is 2. The van der Waals surface area contributed by atoms with Gasteiger partial charge in [0.15, 0.2) is 0 Å². The van der Waals surface area contributed by atoms with Gasteiger partial charge >= 0.3 is 0 Å². The molecule has 20 heavy (non-hydrogen) atoms. The Kier molecular flexibility index (Phi) is 4.84. The summed E-state index contributed by atoms with van der Waals surface area (Å²) >= 11 is 0. The lowest BCUT2D eigenvalue weighted by Crippen LogP contribution is -2.42. The largest absolute Gasteiger partial charge is 0.361 e. The molecule has 2 rings (SSSR count). The maximum absolute atomic E-state index is 12.4. The molecule has 0 N–H and O–H groups in total. The Morgan fingerprint density at radius 1 is 1.35 bits per heavy atom. The van der Waals surface area contributed by atoms with Crippen LogP contribution in [0.25, 0.3) is 0 Å². The molecular formula is C16H26N2O2. The van der Waals surface area contributed by atoms with Gasteiger partial charge < -0.3 is 9.42 Å². The van der Waals surface area contributed by atoms with E-state index in [0.717, 1.165) is 29.9 Å². The molecule has 1 amide bonds. The van der Waals surface area contributed by atoms with Crippen molar-refractivity contribution in [2.75, 3.05) is 7.05 Å². The molecule has 4 heteroatoms. The van der Waals surface area contributed by atoms with Gasteiger partial charge in [-0.25, -0.2) is 0 Å². The first-order valence-electron chi connectivity index (χ1n) is 7.68. The number of carbonyl (C=O) groups excluding carboxylic acids is 1. The Hall–Kier alpha value is -1.32. The van der Waals surface area contributed by atoms with E-state index in [1.54, 1.807) is 0 Å². The first kappa shape index (κ1) is 15.1. The summed E-state index contributed by atoms with van der Waals surface area (Å²) in [4.78, 5) is 14.4. The van der Waals surface area contributed by atoms with Crippen molar-refractivity contribution in [3.05, 3.63) is 17.0 Å². The number of nitrogens with zero attached hydrogens (tertiary/aromatic N) is 2. The lowest BCUT2D eigenvalue weighted by Gasteiger charge is -2.36. The second-order valence-corrected chi connectivity index (χ2v) is 6.14. The van der Waals surface area contributed by atoms with E-state index in [4.69, 9.17) is 4.52 Å². The molecular weight excluding hydrogens is 252 g/mol. The van der Waals surface area contributed by atoms with E-state index in [1.165, 1.54) is 19.3 Å². The highest BCUT2D eigenvalue weighted by atomic mass is 16.5. The average molecular weight is 278 g/mol. The van der Waals surface area contributed by atoms with Crippen LogP contribution in [0.3, 0.4) is 0 Å². The number of carbonyl (C=O) groups is 1. The minimum atomic E-state index is 0.240. The highest BCUT2D eigenvalue weighted by Gasteiger charge is 2.27. The summed E-state index contributed by atoms with van der Waals surface area (Å²) in [6.45, 7) is 6.11. The van der Waals surface area contributed by atoms with Gasteiger partial charge in [-0.1, -0.05) is 24.9 Å². The van der Waals surface area contributed by atoms with Crippen molar-refractivity contribution in [2.45, 2.75) is 65.3 Å². The molecule has 1 heterocycles. The van der Waals surface area contributed by atoms with Crippen LogP contribution in [0.5, 0.6) is 0 Å². The van der Waals surface area contributed by atoms with Crippen molar-refractivity contribution >= 4 is 5.91 Å². The van der Waals surface area contributed by atoms with Gasteiger partial charge in [0.1, 0.15) is 5.76 Å². The smallest absolute Gasteiger partial charge is 0.222 e. The van der Waals surface area contributed by atoms with Crippen molar-refractivity contribution in [1.82, 2.24) is 10.1 Å². The van der Waals surface area contributed by atoms with Crippen LogP contribution in [0.4, 0.5) is 0 Å². The molecule has 1 fully saturated rings. The molecule has 0 bridgehead atoms. The summed E-state index contributed by atoms with van der Waals surface area (Å²) in [5.74, 6) is 1.70. The first-order chi connectivity index (χ1) is 9.50. The third kappa shape index (κ3) is 3.22. The number of hydrogen-bond acceptors (Lipinski definition) is 3. The van der Waals surface area contributed by atoms with Gasteiger partial charge in [-0.2, -0.15) is 0 Å². The van der Waals surface area contributed by atoms with Gasteiger partial charge in [0.05, 0.1) is 5.69 Å². The van der Waals surface area contributed by atoms with Crippen LogP contribution in [-0.2, 0) is 11.2 Å². The fourth-order valence-electron chi connectivity index (χ4n) is 3.32. The molecule has 2 unspecified atom stereocenters. The van der Waals surface area contributed by atoms with Gasteiger partial charge in [0.25, 0.3) is 0 Å². The Morgan fingerprint density at radius 3 is 2.65 bits per heavy atom. The summed E-state index contributed by atoms with van der Waals surface area (Å²) in [5, 5.41) is 3.94. The van der Waals surface area contributed by atoms with Gasteiger partial charge in [-0.15, -0.1) is 0 Å². The number of aromatic nitrogens is 1. The molecule has 1 aliphatic rings. The predicted molar refractivity (Wildman–Crippen MR) is 78.5 cm³/mol. The Bertz CT molecular complexity index is 448. The highest BCUT2D eigenvalue weighted by Crippen LogP contribution is 2.28. The van der Waals surface area contributed by atoms with Crippen LogP contribution in [0, 0.1) is 19.8 Å². The van der Waals surface area contributed by atoms with Gasteiger partial charge in [-0.05, 0) is 39.0 Å². The molecule has 0 radical (unpaired) electrons. The number of hydrogen-bond donors (Lipinski definition) is 0. The van der Waals surface area contributed by atoms with E-state index in [0.29, 0.717) is 18.4 Å². The first-order valence-corrected chi connectivity index (χ1v) is 7.68. The molecule has 0 spiro atoms. The quantitative estimate of drug-likeness (QED) is 0.849. The Morgan fingerprint density at radius 2 is 2.05 bits per heavy atom. The molecule has 2 atom stereocenters. The fourth-order valence-corrected chi connectivity index (χ4v) is 3.32. The Labute approximate surface area is 121 Å². The van der Waals surface area contributed by atoms with Crippen molar-refractivity contribution < 1.29 is 9.32 Å². The topological polar surface area (TPSA) is 46.3 Å². The molecule has 4 nitrogen and oxygen atoms in total. The molecule has 1 aliphatic carbocycles. The lowest BCUT2D eigenvalue weighted by molar-refractivity contribution is -0.133. The second kappa shape index (κ2) is 6.42. The highest BCUT2D eigenvalue weighted by molar-refractivity contribution is 5.76. The summed E-state index contributed by atoms with van der Waals surface area (Å²) < 4.78 is 5.15. The predicted octanol–water partition coefficient (Wildman–Crippen LogP) is 3.26. The van der Waals surface area contributed by atoms with Gasteiger partial charge in [-0.3, -0.25) is 4.79 Å². The summed E-state index contributed by atoms with van der Waals surface area (Å²) in [6, 6.07) is 0.418. The molecule has 1 saturated carbocycles. The normalized spacial score (nSPS) is 22.8. The summed E-state index contributed by atoms with van der Waals surface area (Å²) in [7, 11) is 1.96. The van der Waals surface area contributed by atoms with Gasteiger partial charge in [0, 0.05) is 25.1 Å². The van der Waals surface area contributed by atoms with E-state index in [9.17, 15) is 4.79 Å². The molecule has 1 aromatic heterocycles. The van der Waals surface area contributed by atoms with Crippen LogP contribution in [0.15, 0.2) is 4.52 Å². The molecule has 112 valence electrons. The number of amides is 1. The van der Waals surface area contributed by atoms with Crippen LogP contribution >= 0.6 is 0 Å². The molecule has 0 aromatic carbocycles. The monoisotopic (exact) mass is 278 g/mol. The lowest BCUT2D eigenvalue weighted by atomic mass is 9.85. The third-order valence-corrected chi connectivity index (χ3v) is 4.73. The van der Waals surface area contributed by atoms with Crippen molar-refractivity contribution in [1.29, 1.82) is 0 Å². The number of rotatable bonds is 4. The minimum Gasteiger partial charge on any atom is -0.361 e. The fraction of sp³-hybridized carbons (Fsp3) is 0.750. The zero-order chi connectivity index (χ0) is 14.7. The SMILES string of the molecule is Cc1noc(C)c1CCC(=O)N(C)C1CCCCC1C. The van der Waals surface area contributed by atoms with Crippen LogP contribution in [0.1, 0.15) is 56.0 Å². The standard InChI is InChI=1S/C16H26N2O2/c1-11-7-5-6-8-15(11)18(4)16(19)10-9-14-12(2)17-20-13(14)3/h11,15H,5-10H2,1-4H3. The molecule has 0 saturated heterocycles. The zero-order valence-electron chi connectivity index (χ0n) is 13.1. The third-order valence-electron chi connectivity index (χ3n) is 4.73. The molecule has 0 aliphatic heterocycles. The van der Waals surface area contributed by atoms with Crippen molar-refractivity contribution in [3.8, 4) is 0 Å². The maximum Gasteiger partial charge on any atom is 0.222 e. The minimum absolute atomic E-state index is 0.240. The zero-order valence-corrected chi connectivity index (χ0v) is 13.1. The van der Waals surface area contributed by atoms with E-state index >= 15 is 0 Å². The van der Waals surface area contributed by atoms with Crippen molar-refractivity contribution in [3.63, 3.8) is 0 Å². The van der Waals surface area contributed by atoms with E-state index in [-0.39, 0.29) is 5.91 Å². The van der Waals surface area contributed by atoms with E-state index < -0.39 is 0 Å². The average Bonchev–Trinajstić information content (AvgIpc) is 2.75. The second-order valence-electron chi connectivity index (χ2n) is 6.14. The van der Waals surface area contributed by atoms with Crippen LogP contribution in [-0.4, -0.2) is 29.1 Å². The van der Waals surface area contributed by atoms with Gasteiger partial charge in [0.2, 0.25) is 5.91 Å². The van der Waals surface area contributed by atoms with E-state index in [1.807, 2.05) is 25.8 Å². The van der Waals surface area contributed by atoms with Crippen LogP contribution in [0.2, 0.25) is 0 Å².